The van der Waals surface area contributed by atoms with E-state index in [1.54, 1.807) is 0 Å². The van der Waals surface area contributed by atoms with Gasteiger partial charge >= 0.3 is 0 Å². The van der Waals surface area contributed by atoms with Crippen LogP contribution >= 0.6 is 11.6 Å². The second kappa shape index (κ2) is 8.21. The number of nitrogens with zero attached hydrogens (tertiary/aromatic N) is 1. The number of likely N-dealkylation sites (tertiary alicyclic amines) is 1. The van der Waals surface area contributed by atoms with Gasteiger partial charge in [-0.05, 0) is 31.0 Å². The average molecular weight is 379 g/mol. The first-order valence-corrected chi connectivity index (χ1v) is 9.33. The number of hydrogen-bond donors (Lipinski definition) is 3. The predicted octanol–water partition coefficient (Wildman–Crippen LogP) is 0.936. The number of piperidine rings is 1. The molecule has 1 fully saturated rings. The molecular formula is C14H20ClFN4O3S. The van der Waals surface area contributed by atoms with Crippen LogP contribution in [0.5, 0.6) is 0 Å². The van der Waals surface area contributed by atoms with Crippen LogP contribution in [0.1, 0.15) is 12.8 Å². The van der Waals surface area contributed by atoms with Crippen LogP contribution in [0, 0.1) is 5.82 Å². The molecule has 10 heteroatoms. The third-order valence-electron chi connectivity index (χ3n) is 3.75. The number of halogens is 2. The van der Waals surface area contributed by atoms with E-state index >= 15 is 0 Å². The Balaban J connectivity index is 1.81. The Hall–Kier alpha value is -1.26. The molecule has 1 saturated heterocycles. The summed E-state index contributed by atoms with van der Waals surface area (Å²) < 4.78 is 41.2. The summed E-state index contributed by atoms with van der Waals surface area (Å²) in [7, 11) is -2.12. The quantitative estimate of drug-likeness (QED) is 0.687. The molecule has 3 N–H and O–H groups in total. The lowest BCUT2D eigenvalue weighted by molar-refractivity contribution is -0.117. The Labute approximate surface area is 145 Å². The highest BCUT2D eigenvalue weighted by molar-refractivity contribution is 7.87. The lowest BCUT2D eigenvalue weighted by atomic mass is 10.1. The first kappa shape index (κ1) is 19.1. The van der Waals surface area contributed by atoms with Crippen molar-refractivity contribution in [3.8, 4) is 0 Å². The molecule has 0 radical (unpaired) electrons. The summed E-state index contributed by atoms with van der Waals surface area (Å²) in [6, 6.07) is 3.79. The van der Waals surface area contributed by atoms with Gasteiger partial charge in [0, 0.05) is 31.2 Å². The van der Waals surface area contributed by atoms with Crippen molar-refractivity contribution >= 4 is 33.4 Å². The second-order valence-electron chi connectivity index (χ2n) is 5.55. The number of rotatable bonds is 6. The number of hydrogen-bond acceptors (Lipinski definition) is 4. The molecule has 1 heterocycles. The van der Waals surface area contributed by atoms with E-state index in [0.717, 1.165) is 0 Å². The average Bonchev–Trinajstić information content (AvgIpc) is 2.52. The van der Waals surface area contributed by atoms with Crippen LogP contribution in [0.3, 0.4) is 0 Å². The summed E-state index contributed by atoms with van der Waals surface area (Å²) in [6.45, 7) is 1.25. The minimum atomic E-state index is -3.46. The van der Waals surface area contributed by atoms with Crippen molar-refractivity contribution in [2.75, 3.05) is 32.0 Å². The van der Waals surface area contributed by atoms with E-state index in [1.807, 2.05) is 4.90 Å². The smallest absolute Gasteiger partial charge is 0.276 e. The van der Waals surface area contributed by atoms with Gasteiger partial charge < -0.3 is 5.32 Å². The van der Waals surface area contributed by atoms with Crippen molar-refractivity contribution in [3.63, 3.8) is 0 Å². The van der Waals surface area contributed by atoms with Gasteiger partial charge in [0.05, 0.1) is 12.2 Å². The molecule has 7 nitrogen and oxygen atoms in total. The van der Waals surface area contributed by atoms with Gasteiger partial charge in [0.1, 0.15) is 5.82 Å². The fourth-order valence-electron chi connectivity index (χ4n) is 2.47. The van der Waals surface area contributed by atoms with E-state index in [9.17, 15) is 17.6 Å². The van der Waals surface area contributed by atoms with Crippen LogP contribution in [-0.2, 0) is 15.0 Å². The third-order valence-corrected chi connectivity index (χ3v) is 5.16. The summed E-state index contributed by atoms with van der Waals surface area (Å²) in [5.74, 6) is -0.890. The van der Waals surface area contributed by atoms with Crippen molar-refractivity contribution < 1.29 is 17.6 Å². The molecule has 1 aromatic carbocycles. The van der Waals surface area contributed by atoms with E-state index in [4.69, 9.17) is 11.6 Å². The molecule has 0 atom stereocenters. The van der Waals surface area contributed by atoms with E-state index in [0.29, 0.717) is 31.0 Å². The topological polar surface area (TPSA) is 90.5 Å². The molecule has 2 rings (SSSR count). The molecule has 0 aliphatic carbocycles. The standard InChI is InChI=1S/C14H20ClFN4O3S/c1-17-24(22,23)19-11-4-6-20(7-5-11)9-14(21)18-13-8-10(15)2-3-12(13)16/h2-3,8,11,17,19H,4-7,9H2,1H3,(H,18,21). The maximum atomic E-state index is 13.6. The number of carbonyl (C=O) groups is 1. The number of anilines is 1. The van der Waals surface area contributed by atoms with Gasteiger partial charge in [0.2, 0.25) is 5.91 Å². The monoisotopic (exact) mass is 378 g/mol. The third kappa shape index (κ3) is 5.67. The van der Waals surface area contributed by atoms with Crippen molar-refractivity contribution in [2.45, 2.75) is 18.9 Å². The van der Waals surface area contributed by atoms with Gasteiger partial charge in [-0.1, -0.05) is 11.6 Å². The van der Waals surface area contributed by atoms with Gasteiger partial charge in [-0.3, -0.25) is 9.69 Å². The summed E-state index contributed by atoms with van der Waals surface area (Å²) in [6.07, 6.45) is 1.19. The molecule has 134 valence electrons. The lowest BCUT2D eigenvalue weighted by Crippen LogP contribution is -2.48. The molecule has 0 bridgehead atoms. The highest BCUT2D eigenvalue weighted by atomic mass is 35.5. The Morgan fingerprint density at radius 1 is 1.38 bits per heavy atom. The molecule has 1 aliphatic rings. The van der Waals surface area contributed by atoms with E-state index in [2.05, 4.69) is 14.8 Å². The maximum absolute atomic E-state index is 13.6. The number of benzene rings is 1. The largest absolute Gasteiger partial charge is 0.322 e. The summed E-state index contributed by atoms with van der Waals surface area (Å²) in [5, 5.41) is 2.83. The van der Waals surface area contributed by atoms with Gasteiger partial charge in [0.15, 0.2) is 0 Å². The fourth-order valence-corrected chi connectivity index (χ4v) is 3.44. The Morgan fingerprint density at radius 2 is 2.04 bits per heavy atom. The van der Waals surface area contributed by atoms with Crippen molar-refractivity contribution in [1.82, 2.24) is 14.3 Å². The minimum Gasteiger partial charge on any atom is -0.322 e. The predicted molar refractivity (Wildman–Crippen MR) is 90.6 cm³/mol. The van der Waals surface area contributed by atoms with E-state index < -0.39 is 16.0 Å². The highest BCUT2D eigenvalue weighted by Gasteiger charge is 2.24. The lowest BCUT2D eigenvalue weighted by Gasteiger charge is -2.31. The highest BCUT2D eigenvalue weighted by Crippen LogP contribution is 2.19. The summed E-state index contributed by atoms with van der Waals surface area (Å²) >= 11 is 5.78. The SMILES string of the molecule is CNS(=O)(=O)NC1CCN(CC(=O)Nc2cc(Cl)ccc2F)CC1. The van der Waals surface area contributed by atoms with Crippen LogP contribution in [0.2, 0.25) is 5.02 Å². The first-order chi connectivity index (χ1) is 11.3. The second-order valence-corrected chi connectivity index (χ2v) is 7.64. The van der Waals surface area contributed by atoms with Crippen molar-refractivity contribution in [3.05, 3.63) is 29.0 Å². The molecule has 24 heavy (non-hydrogen) atoms. The molecule has 0 saturated carbocycles. The van der Waals surface area contributed by atoms with Gasteiger partial charge in [-0.15, -0.1) is 0 Å². The van der Waals surface area contributed by atoms with E-state index in [1.165, 1.54) is 25.2 Å². The van der Waals surface area contributed by atoms with E-state index in [-0.39, 0.29) is 24.2 Å². The maximum Gasteiger partial charge on any atom is 0.276 e. The number of nitrogens with one attached hydrogen (secondary N) is 3. The molecular weight excluding hydrogens is 359 g/mol. The molecule has 0 spiro atoms. The number of amides is 1. The van der Waals surface area contributed by atoms with Crippen LogP contribution < -0.4 is 14.8 Å². The zero-order valence-electron chi connectivity index (χ0n) is 13.2. The molecule has 1 aromatic rings. The van der Waals surface area contributed by atoms with Gasteiger partial charge in [-0.25, -0.2) is 9.11 Å². The summed E-state index contributed by atoms with van der Waals surface area (Å²) in [5.41, 5.74) is 0.0455. The number of carbonyl (C=O) groups excluding carboxylic acids is 1. The van der Waals surface area contributed by atoms with Crippen LogP contribution in [0.15, 0.2) is 18.2 Å². The summed E-state index contributed by atoms with van der Waals surface area (Å²) in [4.78, 5) is 13.9. The molecule has 0 aromatic heterocycles. The van der Waals surface area contributed by atoms with Crippen LogP contribution in [0.4, 0.5) is 10.1 Å². The van der Waals surface area contributed by atoms with Gasteiger partial charge in [0.25, 0.3) is 10.2 Å². The Morgan fingerprint density at radius 3 is 2.67 bits per heavy atom. The molecule has 1 aliphatic heterocycles. The van der Waals surface area contributed by atoms with Crippen LogP contribution in [0.25, 0.3) is 0 Å². The van der Waals surface area contributed by atoms with Crippen LogP contribution in [-0.4, -0.2) is 51.9 Å². The van der Waals surface area contributed by atoms with Crippen molar-refractivity contribution in [1.29, 1.82) is 0 Å². The van der Waals surface area contributed by atoms with Crippen molar-refractivity contribution in [2.24, 2.45) is 0 Å². The fraction of sp³-hybridized carbons (Fsp3) is 0.500. The molecule has 0 unspecified atom stereocenters. The van der Waals surface area contributed by atoms with Gasteiger partial charge in [-0.2, -0.15) is 13.1 Å². The normalized spacial score (nSPS) is 17.0. The first-order valence-electron chi connectivity index (χ1n) is 7.47. The molecule has 1 amide bonds. The zero-order valence-corrected chi connectivity index (χ0v) is 14.8. The minimum absolute atomic E-state index is 0.0455. The Kier molecular flexibility index (Phi) is 6.53. The Bertz CT molecular complexity index is 693. The zero-order chi connectivity index (χ0) is 17.7.